The minimum absolute atomic E-state index is 0.00715. The summed E-state index contributed by atoms with van der Waals surface area (Å²) in [6, 6.07) is -0.627. The van der Waals surface area contributed by atoms with Gasteiger partial charge in [0.25, 0.3) is 0 Å². The van der Waals surface area contributed by atoms with Gasteiger partial charge in [-0.05, 0) is 77.0 Å². The molecule has 0 aromatic heterocycles. The molecule has 0 spiro atoms. The molecule has 6 nitrogen and oxygen atoms in total. The first-order valence-corrected chi connectivity index (χ1v) is 36.8. The number of hydrogen-bond donors (Lipinski definition) is 3. The zero-order chi connectivity index (χ0) is 58.5. The van der Waals surface area contributed by atoms with Crippen molar-refractivity contribution in [2.24, 2.45) is 0 Å². The molecule has 0 aliphatic rings. The fourth-order valence-corrected chi connectivity index (χ4v) is 11.5. The van der Waals surface area contributed by atoms with E-state index in [-0.39, 0.29) is 18.5 Å². The number of aliphatic hydroxyl groups excluding tert-OH is 2. The van der Waals surface area contributed by atoms with E-state index in [1.54, 1.807) is 6.08 Å². The van der Waals surface area contributed by atoms with E-state index in [0.717, 1.165) is 44.9 Å². The first kappa shape index (κ1) is 79.1. The van der Waals surface area contributed by atoms with Crippen molar-refractivity contribution in [3.05, 3.63) is 36.5 Å². The largest absolute Gasteiger partial charge is 0.466 e. The average molecular weight is 1140 g/mol. The average Bonchev–Trinajstić information content (AvgIpc) is 3.47. The van der Waals surface area contributed by atoms with Gasteiger partial charge < -0.3 is 20.3 Å². The summed E-state index contributed by atoms with van der Waals surface area (Å²) in [6.45, 7) is 4.90. The van der Waals surface area contributed by atoms with Crippen molar-refractivity contribution in [3.8, 4) is 0 Å². The molecule has 0 aliphatic heterocycles. The van der Waals surface area contributed by atoms with E-state index in [0.29, 0.717) is 19.4 Å². The highest BCUT2D eigenvalue weighted by molar-refractivity contribution is 5.76. The van der Waals surface area contributed by atoms with Crippen molar-refractivity contribution < 1.29 is 24.5 Å². The van der Waals surface area contributed by atoms with Gasteiger partial charge in [0.15, 0.2) is 0 Å². The molecule has 478 valence electrons. The number of allylic oxidation sites excluding steroid dienone is 5. The number of esters is 1. The second-order valence-corrected chi connectivity index (χ2v) is 25.3. The van der Waals surface area contributed by atoms with Crippen LogP contribution in [0.4, 0.5) is 0 Å². The summed E-state index contributed by atoms with van der Waals surface area (Å²) in [5.41, 5.74) is 0. The normalized spacial score (nSPS) is 12.7. The SMILES string of the molecule is CCCC/C=C\CCCCCCCC(=O)OCCCCCCCCCCCCCC/C=C\CCCCCCCCCCCCCCCCCCC(=O)NC(CO)C(O)/C=C/CCCCCCCCCCCCCCCCCCCCC. The van der Waals surface area contributed by atoms with E-state index in [2.05, 4.69) is 43.5 Å². The van der Waals surface area contributed by atoms with E-state index >= 15 is 0 Å². The van der Waals surface area contributed by atoms with Crippen molar-refractivity contribution in [2.45, 2.75) is 418 Å². The summed E-state index contributed by atoms with van der Waals surface area (Å²) in [5, 5.41) is 23.3. The van der Waals surface area contributed by atoms with E-state index in [4.69, 9.17) is 4.74 Å². The highest BCUT2D eigenvalue weighted by Crippen LogP contribution is 2.19. The Morgan fingerprint density at radius 2 is 0.593 bits per heavy atom. The molecule has 0 saturated heterocycles. The molecule has 6 heteroatoms. The van der Waals surface area contributed by atoms with Crippen LogP contribution < -0.4 is 5.32 Å². The Morgan fingerprint density at radius 1 is 0.333 bits per heavy atom. The van der Waals surface area contributed by atoms with Crippen LogP contribution in [-0.4, -0.2) is 47.4 Å². The summed E-state index contributed by atoms with van der Waals surface area (Å²) in [5.74, 6) is -0.0542. The summed E-state index contributed by atoms with van der Waals surface area (Å²) < 4.78 is 5.47. The van der Waals surface area contributed by atoms with Crippen LogP contribution in [0.15, 0.2) is 36.5 Å². The molecular formula is C75H143NO5. The summed E-state index contributed by atoms with van der Waals surface area (Å²) in [4.78, 5) is 24.5. The number of hydrogen-bond acceptors (Lipinski definition) is 5. The third kappa shape index (κ3) is 67.1. The quantitative estimate of drug-likeness (QED) is 0.0320. The van der Waals surface area contributed by atoms with Crippen molar-refractivity contribution in [1.29, 1.82) is 0 Å². The molecule has 0 bridgehead atoms. The number of unbranched alkanes of at least 4 members (excludes halogenated alkanes) is 54. The lowest BCUT2D eigenvalue weighted by molar-refractivity contribution is -0.143. The number of amides is 1. The Labute approximate surface area is 506 Å². The predicted octanol–water partition coefficient (Wildman–Crippen LogP) is 23.9. The number of rotatable bonds is 69. The third-order valence-corrected chi connectivity index (χ3v) is 17.1. The summed E-state index contributed by atoms with van der Waals surface area (Å²) in [6.07, 6.45) is 91.0. The van der Waals surface area contributed by atoms with Crippen LogP contribution >= 0.6 is 0 Å². The molecule has 3 N–H and O–H groups in total. The van der Waals surface area contributed by atoms with Gasteiger partial charge in [-0.15, -0.1) is 0 Å². The van der Waals surface area contributed by atoms with E-state index in [1.807, 2.05) is 6.08 Å². The van der Waals surface area contributed by atoms with Gasteiger partial charge in [0.05, 0.1) is 25.4 Å². The zero-order valence-corrected chi connectivity index (χ0v) is 54.8. The molecule has 0 fully saturated rings. The fraction of sp³-hybridized carbons (Fsp3) is 0.893. The number of ether oxygens (including phenoxy) is 1. The lowest BCUT2D eigenvalue weighted by Gasteiger charge is -2.20. The topological polar surface area (TPSA) is 95.9 Å². The summed E-state index contributed by atoms with van der Waals surface area (Å²) >= 11 is 0. The zero-order valence-electron chi connectivity index (χ0n) is 54.8. The van der Waals surface area contributed by atoms with Crippen LogP contribution in [-0.2, 0) is 14.3 Å². The second kappa shape index (κ2) is 70.6. The van der Waals surface area contributed by atoms with Crippen molar-refractivity contribution in [3.63, 3.8) is 0 Å². The Bertz CT molecular complexity index is 1310. The van der Waals surface area contributed by atoms with Gasteiger partial charge in [0.2, 0.25) is 5.91 Å². The second-order valence-electron chi connectivity index (χ2n) is 25.3. The van der Waals surface area contributed by atoms with Gasteiger partial charge in [-0.1, -0.05) is 352 Å². The van der Waals surface area contributed by atoms with Gasteiger partial charge in [-0.25, -0.2) is 0 Å². The van der Waals surface area contributed by atoms with Crippen molar-refractivity contribution >= 4 is 11.9 Å². The van der Waals surface area contributed by atoms with Crippen LogP contribution in [0.2, 0.25) is 0 Å². The first-order valence-electron chi connectivity index (χ1n) is 36.8. The summed E-state index contributed by atoms with van der Waals surface area (Å²) in [7, 11) is 0. The lowest BCUT2D eigenvalue weighted by atomic mass is 10.0. The molecule has 0 heterocycles. The molecule has 0 saturated carbocycles. The highest BCUT2D eigenvalue weighted by Gasteiger charge is 2.18. The first-order chi connectivity index (χ1) is 40.0. The monoisotopic (exact) mass is 1140 g/mol. The lowest BCUT2D eigenvalue weighted by Crippen LogP contribution is -2.45. The van der Waals surface area contributed by atoms with Crippen molar-refractivity contribution in [1.82, 2.24) is 5.32 Å². The number of carbonyl (C=O) groups excluding carboxylic acids is 2. The standard InChI is InChI=1S/C75H143NO5/c1-3-5-7-9-11-13-15-16-17-18-19-32-35-38-41-44-48-51-55-59-63-67-73(78)72(71-77)76-74(79)68-64-60-56-52-49-45-42-39-36-33-30-28-26-24-22-20-21-23-25-27-29-31-34-37-40-43-46-50-54-58-62-66-70-81-75(80)69-65-61-57-53-47-14-12-10-8-6-4-2/h10,12,23,25,63,67,72-73,77-78H,3-9,11,13-22,24,26-62,64-66,68-71H2,1-2H3,(H,76,79)/b12-10-,25-23-,67-63+. The van der Waals surface area contributed by atoms with Gasteiger partial charge in [0.1, 0.15) is 0 Å². The van der Waals surface area contributed by atoms with Gasteiger partial charge in [-0.2, -0.15) is 0 Å². The maximum atomic E-state index is 12.5. The molecule has 0 rings (SSSR count). The fourth-order valence-electron chi connectivity index (χ4n) is 11.5. The molecule has 0 aliphatic carbocycles. The number of nitrogens with one attached hydrogen (secondary N) is 1. The Kier molecular flexibility index (Phi) is 68.9. The third-order valence-electron chi connectivity index (χ3n) is 17.1. The van der Waals surface area contributed by atoms with Crippen LogP contribution in [0.5, 0.6) is 0 Å². The Hall–Kier alpha value is -1.92. The minimum Gasteiger partial charge on any atom is -0.466 e. The van der Waals surface area contributed by atoms with Crippen LogP contribution in [0.1, 0.15) is 406 Å². The van der Waals surface area contributed by atoms with Gasteiger partial charge >= 0.3 is 5.97 Å². The van der Waals surface area contributed by atoms with Gasteiger partial charge in [0, 0.05) is 12.8 Å². The molecule has 0 aromatic carbocycles. The Morgan fingerprint density at radius 3 is 0.914 bits per heavy atom. The molecule has 2 atom stereocenters. The molecule has 0 aromatic rings. The molecular weight excluding hydrogens is 995 g/mol. The smallest absolute Gasteiger partial charge is 0.305 e. The molecule has 0 radical (unpaired) electrons. The molecule has 2 unspecified atom stereocenters. The molecule has 1 amide bonds. The van der Waals surface area contributed by atoms with E-state index in [1.165, 1.54) is 334 Å². The Balaban J connectivity index is 3.39. The maximum absolute atomic E-state index is 12.5. The minimum atomic E-state index is -0.844. The molecule has 81 heavy (non-hydrogen) atoms. The number of aliphatic hydroxyl groups is 2. The van der Waals surface area contributed by atoms with Crippen LogP contribution in [0, 0.1) is 0 Å². The van der Waals surface area contributed by atoms with Crippen LogP contribution in [0.25, 0.3) is 0 Å². The number of carbonyl (C=O) groups is 2. The van der Waals surface area contributed by atoms with E-state index in [9.17, 15) is 19.8 Å². The van der Waals surface area contributed by atoms with Crippen LogP contribution in [0.3, 0.4) is 0 Å². The van der Waals surface area contributed by atoms with Gasteiger partial charge in [-0.3, -0.25) is 9.59 Å². The van der Waals surface area contributed by atoms with E-state index < -0.39 is 12.1 Å². The highest BCUT2D eigenvalue weighted by atomic mass is 16.5. The van der Waals surface area contributed by atoms with Crippen molar-refractivity contribution in [2.75, 3.05) is 13.2 Å². The predicted molar refractivity (Wildman–Crippen MR) is 356 cm³/mol. The maximum Gasteiger partial charge on any atom is 0.305 e.